The van der Waals surface area contributed by atoms with Crippen LogP contribution < -0.4 is 5.32 Å². The molecule has 22 heavy (non-hydrogen) atoms. The van der Waals surface area contributed by atoms with E-state index in [1.807, 2.05) is 13.8 Å². The molecule has 0 bridgehead atoms. The molecule has 1 rings (SSSR count). The molecule has 0 fully saturated rings. The van der Waals surface area contributed by atoms with Gasteiger partial charge in [-0.05, 0) is 37.1 Å². The average Bonchev–Trinajstić information content (AvgIpc) is 2.47. The second-order valence-corrected chi connectivity index (χ2v) is 6.67. The Hall–Kier alpha value is -1.70. The number of benzene rings is 1. The second kappa shape index (κ2) is 8.07. The van der Waals surface area contributed by atoms with Gasteiger partial charge in [0, 0.05) is 18.8 Å². The number of alkyl halides is 2. The van der Waals surface area contributed by atoms with Gasteiger partial charge in [-0.15, -0.1) is 0 Å². The van der Waals surface area contributed by atoms with Crippen molar-refractivity contribution in [2.45, 2.75) is 37.3 Å². The monoisotopic (exact) mass is 334 g/mol. The normalized spacial score (nSPS) is 11.5. The van der Waals surface area contributed by atoms with Crippen LogP contribution in [0.15, 0.2) is 29.2 Å². The molecule has 1 aromatic rings. The number of nitrogens with one attached hydrogen (secondary N) is 1. The molecule has 0 aliphatic rings. The summed E-state index contributed by atoms with van der Waals surface area (Å²) in [6.45, 7) is 5.13. The minimum atomic E-state index is -4.61. The first-order chi connectivity index (χ1) is 10.3. The first kappa shape index (κ1) is 18.3. The van der Waals surface area contributed by atoms with E-state index in [-0.39, 0.29) is 6.03 Å². The van der Waals surface area contributed by atoms with E-state index in [9.17, 15) is 22.0 Å². The number of urea groups is 1. The van der Waals surface area contributed by atoms with Crippen LogP contribution in [0, 0.1) is 0 Å². The zero-order valence-electron chi connectivity index (χ0n) is 12.6. The van der Waals surface area contributed by atoms with Crippen molar-refractivity contribution >= 4 is 21.6 Å². The third-order valence-electron chi connectivity index (χ3n) is 2.94. The fraction of sp³-hybridized carbons (Fsp3) is 0.500. The van der Waals surface area contributed by atoms with Crippen LogP contribution in [-0.4, -0.2) is 38.2 Å². The minimum absolute atomic E-state index is 0.298. The molecule has 1 N–H and O–H groups in total. The van der Waals surface area contributed by atoms with Gasteiger partial charge in [0.15, 0.2) is 0 Å². The van der Waals surface area contributed by atoms with E-state index in [0.717, 1.165) is 25.0 Å². The largest absolute Gasteiger partial charge is 0.341 e. The van der Waals surface area contributed by atoms with Gasteiger partial charge in [0.25, 0.3) is 0 Å². The highest BCUT2D eigenvalue weighted by Gasteiger charge is 2.26. The quantitative estimate of drug-likeness (QED) is 0.831. The molecule has 8 heteroatoms. The summed E-state index contributed by atoms with van der Waals surface area (Å²) in [5, 5.41) is 2.62. The molecular formula is C14H20F2N2O3S. The molecule has 1 aromatic carbocycles. The molecule has 0 spiro atoms. The number of sulfone groups is 1. The predicted molar refractivity (Wildman–Crippen MR) is 80.8 cm³/mol. The van der Waals surface area contributed by atoms with Gasteiger partial charge in [0.2, 0.25) is 9.84 Å². The number of halogens is 2. The second-order valence-electron chi connectivity index (χ2n) is 4.75. The highest BCUT2D eigenvalue weighted by Crippen LogP contribution is 2.20. The SMILES string of the molecule is CCCN(CCC)C(=O)Nc1ccc(S(=O)(=O)C(F)F)cc1. The fourth-order valence-electron chi connectivity index (χ4n) is 1.89. The highest BCUT2D eigenvalue weighted by atomic mass is 32.2. The number of carbonyl (C=O) groups excluding carboxylic acids is 1. The van der Waals surface area contributed by atoms with Crippen molar-refractivity contribution in [2.75, 3.05) is 18.4 Å². The van der Waals surface area contributed by atoms with E-state index in [2.05, 4.69) is 5.32 Å². The number of nitrogens with zero attached hydrogens (tertiary/aromatic N) is 1. The van der Waals surface area contributed by atoms with Crippen molar-refractivity contribution in [3.8, 4) is 0 Å². The number of anilines is 1. The van der Waals surface area contributed by atoms with Gasteiger partial charge >= 0.3 is 11.8 Å². The fourth-order valence-corrected chi connectivity index (χ4v) is 2.61. The summed E-state index contributed by atoms with van der Waals surface area (Å²) in [6.07, 6.45) is 1.64. The Morgan fingerprint density at radius 2 is 1.64 bits per heavy atom. The Kier molecular flexibility index (Phi) is 6.73. The molecule has 2 amide bonds. The molecular weight excluding hydrogens is 314 g/mol. The minimum Gasteiger partial charge on any atom is -0.325 e. The summed E-state index contributed by atoms with van der Waals surface area (Å²) in [6, 6.07) is 4.41. The van der Waals surface area contributed by atoms with E-state index in [4.69, 9.17) is 0 Å². The van der Waals surface area contributed by atoms with Crippen molar-refractivity contribution < 1.29 is 22.0 Å². The van der Waals surface area contributed by atoms with Crippen LogP contribution in [0.2, 0.25) is 0 Å². The summed E-state index contributed by atoms with van der Waals surface area (Å²) < 4.78 is 47.4. The van der Waals surface area contributed by atoms with Gasteiger partial charge in [-0.3, -0.25) is 0 Å². The molecule has 0 aliphatic carbocycles. The Balaban J connectivity index is 2.81. The Bertz CT molecular complexity index is 583. The number of hydrogen-bond acceptors (Lipinski definition) is 3. The van der Waals surface area contributed by atoms with Crippen molar-refractivity contribution in [3.05, 3.63) is 24.3 Å². The summed E-state index contributed by atoms with van der Waals surface area (Å²) in [7, 11) is -4.61. The smallest absolute Gasteiger partial charge is 0.325 e. The van der Waals surface area contributed by atoms with Crippen molar-refractivity contribution in [3.63, 3.8) is 0 Å². The van der Waals surface area contributed by atoms with Crippen LogP contribution in [0.4, 0.5) is 19.3 Å². The van der Waals surface area contributed by atoms with Gasteiger partial charge in [-0.2, -0.15) is 8.78 Å². The zero-order valence-corrected chi connectivity index (χ0v) is 13.4. The molecule has 0 aliphatic heterocycles. The van der Waals surface area contributed by atoms with Crippen molar-refractivity contribution in [1.29, 1.82) is 0 Å². The van der Waals surface area contributed by atoms with Crippen LogP contribution in [0.1, 0.15) is 26.7 Å². The zero-order chi connectivity index (χ0) is 16.8. The van der Waals surface area contributed by atoms with Gasteiger partial charge < -0.3 is 10.2 Å². The van der Waals surface area contributed by atoms with E-state index in [1.165, 1.54) is 12.1 Å². The maximum absolute atomic E-state index is 12.4. The standard InChI is InChI=1S/C14H20F2N2O3S/c1-3-9-18(10-4-2)14(19)17-11-5-7-12(8-6-11)22(20,21)13(15)16/h5-8,13H,3-4,9-10H2,1-2H3,(H,17,19). The molecule has 0 radical (unpaired) electrons. The van der Waals surface area contributed by atoms with Crippen LogP contribution >= 0.6 is 0 Å². The van der Waals surface area contributed by atoms with Crippen molar-refractivity contribution in [1.82, 2.24) is 4.90 Å². The van der Waals surface area contributed by atoms with Crippen LogP contribution in [0.3, 0.4) is 0 Å². The number of hydrogen-bond donors (Lipinski definition) is 1. The molecule has 0 saturated carbocycles. The number of amides is 2. The van der Waals surface area contributed by atoms with Gasteiger partial charge in [-0.25, -0.2) is 13.2 Å². The molecule has 124 valence electrons. The summed E-state index contributed by atoms with van der Waals surface area (Å²) >= 11 is 0. The maximum Gasteiger partial charge on any atom is 0.341 e. The molecule has 0 aromatic heterocycles. The molecule has 0 unspecified atom stereocenters. The maximum atomic E-state index is 12.4. The number of rotatable bonds is 7. The summed E-state index contributed by atoms with van der Waals surface area (Å²) in [4.78, 5) is 13.2. The predicted octanol–water partition coefficient (Wildman–Crippen LogP) is 3.34. The Morgan fingerprint density at radius 3 is 2.05 bits per heavy atom. The van der Waals surface area contributed by atoms with E-state index < -0.39 is 20.5 Å². The Morgan fingerprint density at radius 1 is 1.14 bits per heavy atom. The van der Waals surface area contributed by atoms with Gasteiger partial charge in [0.05, 0.1) is 4.90 Å². The van der Waals surface area contributed by atoms with E-state index >= 15 is 0 Å². The lowest BCUT2D eigenvalue weighted by atomic mass is 10.3. The molecule has 0 atom stereocenters. The molecule has 0 heterocycles. The van der Waals surface area contributed by atoms with Gasteiger partial charge in [0.1, 0.15) is 0 Å². The average molecular weight is 334 g/mol. The van der Waals surface area contributed by atoms with E-state index in [1.54, 1.807) is 4.90 Å². The molecule has 0 saturated heterocycles. The topological polar surface area (TPSA) is 66.5 Å². The van der Waals surface area contributed by atoms with Crippen LogP contribution in [0.25, 0.3) is 0 Å². The molecule has 5 nitrogen and oxygen atoms in total. The van der Waals surface area contributed by atoms with Crippen molar-refractivity contribution in [2.24, 2.45) is 0 Å². The third kappa shape index (κ3) is 4.66. The summed E-state index contributed by atoms with van der Waals surface area (Å²) in [5.41, 5.74) is 0.357. The highest BCUT2D eigenvalue weighted by molar-refractivity contribution is 7.91. The first-order valence-electron chi connectivity index (χ1n) is 7.01. The lowest BCUT2D eigenvalue weighted by molar-refractivity contribution is 0.211. The third-order valence-corrected chi connectivity index (χ3v) is 4.34. The van der Waals surface area contributed by atoms with Crippen LogP contribution in [0.5, 0.6) is 0 Å². The van der Waals surface area contributed by atoms with Crippen LogP contribution in [-0.2, 0) is 9.84 Å². The Labute approximate surface area is 129 Å². The lowest BCUT2D eigenvalue weighted by Crippen LogP contribution is -2.36. The summed E-state index contributed by atoms with van der Waals surface area (Å²) in [5.74, 6) is -3.46. The van der Waals surface area contributed by atoms with Gasteiger partial charge in [-0.1, -0.05) is 13.8 Å². The lowest BCUT2D eigenvalue weighted by Gasteiger charge is -2.21. The first-order valence-corrected chi connectivity index (χ1v) is 8.55. The van der Waals surface area contributed by atoms with E-state index in [0.29, 0.717) is 18.8 Å². The number of carbonyl (C=O) groups is 1.